The number of nitrogens with one attached hydrogen (secondary N) is 4. The highest BCUT2D eigenvalue weighted by Gasteiger charge is 2.46. The highest BCUT2D eigenvalue weighted by molar-refractivity contribution is 6.00. The highest BCUT2D eigenvalue weighted by Crippen LogP contribution is 2.33. The number of nitrogens with zero attached hydrogens (tertiary/aromatic N) is 8. The van der Waals surface area contributed by atoms with E-state index in [4.69, 9.17) is 0 Å². The summed E-state index contributed by atoms with van der Waals surface area (Å²) in [5.41, 5.74) is -3.00. The zero-order chi connectivity index (χ0) is 78.5. The van der Waals surface area contributed by atoms with Crippen molar-refractivity contribution in [3.8, 4) is 0 Å². The largest absolute Gasteiger partial charge is 0.419 e. The van der Waals surface area contributed by atoms with Crippen LogP contribution in [0.4, 0.5) is 26.3 Å². The van der Waals surface area contributed by atoms with Crippen LogP contribution in [-0.4, -0.2) is 246 Å². The Morgan fingerprint density at radius 1 is 0.562 bits per heavy atom. The van der Waals surface area contributed by atoms with Crippen LogP contribution in [-0.2, 0) is 76.6 Å². The average molecular weight is 1490 g/mol. The Morgan fingerprint density at radius 2 is 1.10 bits per heavy atom. The van der Waals surface area contributed by atoms with Crippen molar-refractivity contribution >= 4 is 70.9 Å². The Hall–Kier alpha value is -8.34. The third-order valence-corrected chi connectivity index (χ3v) is 20.1. The van der Waals surface area contributed by atoms with E-state index in [9.17, 15) is 60.3 Å². The van der Waals surface area contributed by atoms with E-state index in [2.05, 4.69) is 21.3 Å². The van der Waals surface area contributed by atoms with E-state index in [1.54, 1.807) is 58.0 Å². The Bertz CT molecular complexity index is 3330. The minimum Gasteiger partial charge on any atom is -0.343 e. The number of halogens is 6. The number of amides is 12. The van der Waals surface area contributed by atoms with Gasteiger partial charge in [0.2, 0.25) is 77.3 Å². The van der Waals surface area contributed by atoms with Crippen LogP contribution in [0.1, 0.15) is 168 Å². The maximum atomic E-state index is 15.7. The molecule has 586 valence electrons. The molecule has 0 bridgehead atoms. The first-order valence-corrected chi connectivity index (χ1v) is 36.6. The number of carbonyl (C=O) groups excluding carboxylic acids is 12. The number of benzene rings is 2. The third-order valence-electron chi connectivity index (χ3n) is 20.1. The highest BCUT2D eigenvalue weighted by atomic mass is 19.4. The second-order valence-electron chi connectivity index (χ2n) is 30.3. The van der Waals surface area contributed by atoms with E-state index in [0.29, 0.717) is 56.5 Å². The number of rotatable bonds is 18. The molecule has 2 heterocycles. The van der Waals surface area contributed by atoms with E-state index >= 15 is 23.6 Å². The molecule has 3 aliphatic rings. The summed E-state index contributed by atoms with van der Waals surface area (Å²) >= 11 is 0. The van der Waals surface area contributed by atoms with Gasteiger partial charge in [0.25, 0.3) is 0 Å². The van der Waals surface area contributed by atoms with Gasteiger partial charge in [-0.3, -0.25) is 57.5 Å². The first-order valence-electron chi connectivity index (χ1n) is 36.6. The molecule has 3 fully saturated rings. The van der Waals surface area contributed by atoms with E-state index in [1.165, 1.54) is 66.1 Å². The molecular formula is C75H112F6N12O12. The molecule has 1 aliphatic carbocycles. The van der Waals surface area contributed by atoms with Gasteiger partial charge in [0, 0.05) is 75.3 Å². The molecule has 4 N–H and O–H groups in total. The molecule has 2 aromatic rings. The molecule has 105 heavy (non-hydrogen) atoms. The molecule has 8 atom stereocenters. The maximum absolute atomic E-state index is 15.7. The fraction of sp³-hybridized carbons (Fsp3) is 0.680. The van der Waals surface area contributed by atoms with E-state index < -0.39 is 188 Å². The quantitative estimate of drug-likeness (QED) is 0.0908. The Kier molecular flexibility index (Phi) is 33.1. The van der Waals surface area contributed by atoms with E-state index in [1.807, 2.05) is 13.8 Å². The van der Waals surface area contributed by atoms with Gasteiger partial charge in [-0.1, -0.05) is 104 Å². The third kappa shape index (κ3) is 25.4. The number of unbranched alkanes of at least 4 members (excludes halogenated alkanes) is 1. The SMILES string of the molecule is CC(C)C[C@H]1C(=O)N[C@@H](C2CCCCC2)C(=O)N(C)CC(=O)N(C)CC(=O)N(C)[C@@H](CCCCC(F)F)C(=O)N(C)CC(=O)N[C@@H](CCc2ccc(C(F)(F)F)c(F)c2)C(=O)N(C)[C@@H](CC(C)C)C(=O)N[C@@](C)(Cc2ccccc2)C(=O)N(C)[C@@H](CC(C)C)C(=O)NC(C(=O)N2CCCC2)CC(=O)N1C. The first kappa shape index (κ1) is 87.3. The van der Waals surface area contributed by atoms with E-state index in [0.717, 1.165) is 54.7 Å². The number of likely N-dealkylation sites (N-methyl/N-ethyl adjacent to an activating group) is 7. The molecule has 2 aliphatic heterocycles. The van der Waals surface area contributed by atoms with Crippen molar-refractivity contribution in [1.82, 2.24) is 60.5 Å². The standard InChI is InChI=1S/C75H112F6N12O12/c1-46(2)37-57-67(99)84-65(51-27-19-16-20-28-51)72(104)88(10)44-63(96)86(8)45-64(97)89(11)56(29-21-22-30-60(77)78)71(103)87(9)43-61(94)82-54(34-32-49-31-33-52(53(76)40-49)75(79,80)81)69(101)91(13)59(39-48(5)6)68(100)85-74(7,42-50-25-17-15-18-26-50)73(105)92(14)58(38-47(3)4)66(98)83-55(41-62(95)90(57)12)70(102)93-35-23-24-36-93/h15,17-18,25-26,31,33,40,46-48,51,54-60,65H,16,19-24,27-30,32,34-39,41-45H2,1-14H3,(H,82,94)(H,83,98)(H,84,99)(H,85,100)/t54-,55?,56-,57-,58-,59-,65-,74-/m0/s1. The molecule has 2 saturated heterocycles. The predicted octanol–water partition coefficient (Wildman–Crippen LogP) is 6.60. The average Bonchev–Trinajstić information content (AvgIpc) is 0.848. The summed E-state index contributed by atoms with van der Waals surface area (Å²) in [5, 5.41) is 11.3. The Balaban J connectivity index is 1.68. The fourth-order valence-corrected chi connectivity index (χ4v) is 14.0. The van der Waals surface area contributed by atoms with Crippen molar-refractivity contribution in [3.05, 3.63) is 71.0 Å². The number of carbonyl (C=O) groups is 12. The molecule has 1 saturated carbocycles. The normalized spacial score (nSPS) is 24.5. The monoisotopic (exact) mass is 1490 g/mol. The molecular weight excluding hydrogens is 1370 g/mol. The lowest BCUT2D eigenvalue weighted by atomic mass is 9.83. The molecule has 1 unspecified atom stereocenters. The second kappa shape index (κ2) is 39.9. The van der Waals surface area contributed by atoms with Crippen LogP contribution < -0.4 is 21.3 Å². The summed E-state index contributed by atoms with van der Waals surface area (Å²) in [6, 6.07) is 0.779. The zero-order valence-electron chi connectivity index (χ0n) is 63.6. The van der Waals surface area contributed by atoms with Crippen LogP contribution in [0.5, 0.6) is 0 Å². The Morgan fingerprint density at radius 3 is 1.67 bits per heavy atom. The summed E-state index contributed by atoms with van der Waals surface area (Å²) in [4.78, 5) is 188. The van der Waals surface area contributed by atoms with Gasteiger partial charge < -0.3 is 60.5 Å². The zero-order valence-corrected chi connectivity index (χ0v) is 63.6. The number of alkyl halides is 5. The van der Waals surface area contributed by atoms with Gasteiger partial charge in [-0.25, -0.2) is 13.2 Å². The van der Waals surface area contributed by atoms with Gasteiger partial charge in [-0.2, -0.15) is 13.2 Å². The second-order valence-corrected chi connectivity index (χ2v) is 30.3. The molecule has 0 aromatic heterocycles. The maximum Gasteiger partial charge on any atom is 0.419 e. The van der Waals surface area contributed by atoms with Crippen molar-refractivity contribution in [1.29, 1.82) is 0 Å². The number of hydrogen-bond donors (Lipinski definition) is 4. The van der Waals surface area contributed by atoms with Gasteiger partial charge >= 0.3 is 6.18 Å². The van der Waals surface area contributed by atoms with Crippen molar-refractivity contribution in [2.24, 2.45) is 23.7 Å². The summed E-state index contributed by atoms with van der Waals surface area (Å²) in [6.07, 6.45) is -5.63. The van der Waals surface area contributed by atoms with Gasteiger partial charge in [-0.15, -0.1) is 0 Å². The van der Waals surface area contributed by atoms with Gasteiger partial charge in [-0.05, 0) is 124 Å². The molecule has 12 amide bonds. The van der Waals surface area contributed by atoms with Crippen LogP contribution in [0.15, 0.2) is 48.5 Å². The predicted molar refractivity (Wildman–Crippen MR) is 381 cm³/mol. The van der Waals surface area contributed by atoms with Crippen molar-refractivity contribution in [3.63, 3.8) is 0 Å². The van der Waals surface area contributed by atoms with Crippen LogP contribution in [0.2, 0.25) is 0 Å². The number of likely N-dealkylation sites (tertiary alicyclic amines) is 1. The molecule has 5 rings (SSSR count). The van der Waals surface area contributed by atoms with Crippen molar-refractivity contribution in [2.75, 3.05) is 82.1 Å². The molecule has 24 nitrogen and oxygen atoms in total. The van der Waals surface area contributed by atoms with Crippen LogP contribution in [0.3, 0.4) is 0 Å². The number of aryl methyl sites for hydroxylation is 1. The Labute approximate surface area is 614 Å². The lowest BCUT2D eigenvalue weighted by molar-refractivity contribution is -0.150. The van der Waals surface area contributed by atoms with Crippen molar-refractivity contribution in [2.45, 2.75) is 224 Å². The van der Waals surface area contributed by atoms with Crippen LogP contribution in [0.25, 0.3) is 0 Å². The minimum atomic E-state index is -5.06. The summed E-state index contributed by atoms with van der Waals surface area (Å²) in [6.45, 7) is 10.7. The molecule has 2 aromatic carbocycles. The molecule has 0 radical (unpaired) electrons. The smallest absolute Gasteiger partial charge is 0.343 e. The minimum absolute atomic E-state index is 0.0102. The summed E-state index contributed by atoms with van der Waals surface area (Å²) in [7, 11) is 9.09. The van der Waals surface area contributed by atoms with Crippen molar-refractivity contribution < 1.29 is 83.9 Å². The summed E-state index contributed by atoms with van der Waals surface area (Å²) in [5.74, 6) is -12.5. The van der Waals surface area contributed by atoms with Crippen LogP contribution >= 0.6 is 0 Å². The molecule has 0 spiro atoms. The first-order chi connectivity index (χ1) is 49.1. The van der Waals surface area contributed by atoms with E-state index in [-0.39, 0.29) is 74.7 Å². The van der Waals surface area contributed by atoms with Crippen LogP contribution in [0, 0.1) is 29.5 Å². The summed E-state index contributed by atoms with van der Waals surface area (Å²) < 4.78 is 83.3. The van der Waals surface area contributed by atoms with Gasteiger partial charge in [0.15, 0.2) is 0 Å². The van der Waals surface area contributed by atoms with Gasteiger partial charge in [0.1, 0.15) is 53.6 Å². The molecule has 30 heteroatoms. The fourth-order valence-electron chi connectivity index (χ4n) is 14.0. The number of hydrogen-bond acceptors (Lipinski definition) is 12. The topological polar surface area (TPSA) is 279 Å². The lowest BCUT2D eigenvalue weighted by Gasteiger charge is -2.40. The van der Waals surface area contributed by atoms with Gasteiger partial charge in [0.05, 0.1) is 31.6 Å². The lowest BCUT2D eigenvalue weighted by Crippen LogP contribution is -2.65.